The summed E-state index contributed by atoms with van der Waals surface area (Å²) in [4.78, 5) is 14.5. The zero-order valence-electron chi connectivity index (χ0n) is 8.02. The quantitative estimate of drug-likeness (QED) is 0.421. The Morgan fingerprint density at radius 2 is 1.94 bits per heavy atom. The predicted octanol–water partition coefficient (Wildman–Crippen LogP) is 1.27. The second-order valence-electron chi connectivity index (χ2n) is 2.65. The molecule has 0 spiro atoms. The summed E-state index contributed by atoms with van der Waals surface area (Å²) in [5.41, 5.74) is 1.50. The van der Waals surface area contributed by atoms with Crippen LogP contribution in [0.4, 0.5) is 22.0 Å². The normalized spacial score (nSPS) is 11.9. The van der Waals surface area contributed by atoms with Crippen molar-refractivity contribution in [2.24, 2.45) is 0 Å². The molecule has 0 aliphatic carbocycles. The van der Waals surface area contributed by atoms with Gasteiger partial charge in [0.05, 0.1) is 13.0 Å². The van der Waals surface area contributed by atoms with Crippen LogP contribution in [0.1, 0.15) is 6.42 Å². The van der Waals surface area contributed by atoms with Crippen molar-refractivity contribution >= 4 is 5.91 Å². The van der Waals surface area contributed by atoms with Gasteiger partial charge in [-0.3, -0.25) is 9.63 Å². The molecule has 16 heavy (non-hydrogen) atoms. The number of hydrogen-bond acceptors (Lipinski definition) is 3. The second-order valence-corrected chi connectivity index (χ2v) is 2.65. The molecular weight excluding hydrogens is 241 g/mol. The molecule has 0 aliphatic rings. The van der Waals surface area contributed by atoms with Gasteiger partial charge >= 0.3 is 6.18 Å². The number of hydroxylamine groups is 1. The number of halogens is 5. The van der Waals surface area contributed by atoms with E-state index in [-0.39, 0.29) is 13.0 Å². The number of rotatable bonds is 7. The van der Waals surface area contributed by atoms with Crippen molar-refractivity contribution < 1.29 is 36.3 Å². The van der Waals surface area contributed by atoms with Crippen LogP contribution in [-0.2, 0) is 14.4 Å². The van der Waals surface area contributed by atoms with E-state index in [2.05, 4.69) is 9.57 Å². The average Bonchev–Trinajstić information content (AvgIpc) is 2.10. The number of alkyl halides is 5. The summed E-state index contributed by atoms with van der Waals surface area (Å²) in [6, 6.07) is 0. The van der Waals surface area contributed by atoms with Crippen molar-refractivity contribution in [1.82, 2.24) is 5.48 Å². The van der Waals surface area contributed by atoms with E-state index in [0.29, 0.717) is 0 Å². The highest BCUT2D eigenvalue weighted by molar-refractivity contribution is 5.74. The monoisotopic (exact) mass is 251 g/mol. The molecule has 0 aliphatic heterocycles. The average molecular weight is 251 g/mol. The minimum atomic E-state index is -4.54. The van der Waals surface area contributed by atoms with Gasteiger partial charge < -0.3 is 4.74 Å². The number of ether oxygens (including phenoxy) is 1. The summed E-state index contributed by atoms with van der Waals surface area (Å²) in [7, 11) is 0. The Labute approximate surface area is 87.6 Å². The zero-order chi connectivity index (χ0) is 12.6. The van der Waals surface area contributed by atoms with Crippen molar-refractivity contribution in [1.29, 1.82) is 0 Å². The molecule has 0 aromatic heterocycles. The molecule has 1 amide bonds. The fraction of sp³-hybridized carbons (Fsp3) is 0.857. The van der Waals surface area contributed by atoms with Gasteiger partial charge in [-0.1, -0.05) is 0 Å². The molecule has 96 valence electrons. The molecule has 0 aromatic carbocycles. The van der Waals surface area contributed by atoms with Crippen LogP contribution in [-0.4, -0.2) is 38.3 Å². The number of nitrogens with one attached hydrogen (secondary N) is 1. The van der Waals surface area contributed by atoms with E-state index in [1.807, 2.05) is 0 Å². The van der Waals surface area contributed by atoms with Gasteiger partial charge in [-0.15, -0.1) is 0 Å². The molecule has 9 heteroatoms. The van der Waals surface area contributed by atoms with E-state index in [0.717, 1.165) is 0 Å². The third kappa shape index (κ3) is 11.1. The fourth-order valence-corrected chi connectivity index (χ4v) is 0.587. The maximum absolute atomic E-state index is 11.5. The number of carbonyl (C=O) groups is 1. The van der Waals surface area contributed by atoms with Crippen LogP contribution in [0, 0.1) is 0 Å². The maximum Gasteiger partial charge on any atom is 0.414 e. The Morgan fingerprint density at radius 1 is 1.31 bits per heavy atom. The molecule has 0 rings (SSSR count). The minimum absolute atomic E-state index is 0.314. The van der Waals surface area contributed by atoms with E-state index in [4.69, 9.17) is 0 Å². The first-order valence-corrected chi connectivity index (χ1v) is 4.14. The summed E-state index contributed by atoms with van der Waals surface area (Å²) in [6.07, 6.45) is -7.55. The molecule has 0 bridgehead atoms. The first-order valence-electron chi connectivity index (χ1n) is 4.14. The zero-order valence-corrected chi connectivity index (χ0v) is 8.02. The SMILES string of the molecule is O=C(CCOCC(F)F)NOCC(F)(F)F. The van der Waals surface area contributed by atoms with Crippen LogP contribution >= 0.6 is 0 Å². The Kier molecular flexibility index (Phi) is 6.90. The molecule has 0 unspecified atom stereocenters. The molecule has 1 N–H and O–H groups in total. The van der Waals surface area contributed by atoms with Crippen LogP contribution in [0.15, 0.2) is 0 Å². The summed E-state index contributed by atoms with van der Waals surface area (Å²) in [6.45, 7) is -2.75. The van der Waals surface area contributed by atoms with Gasteiger partial charge in [-0.05, 0) is 0 Å². The molecule has 0 fully saturated rings. The van der Waals surface area contributed by atoms with Crippen LogP contribution < -0.4 is 5.48 Å². The number of hydrogen-bond donors (Lipinski definition) is 1. The van der Waals surface area contributed by atoms with E-state index in [1.165, 1.54) is 5.48 Å². The van der Waals surface area contributed by atoms with Gasteiger partial charge in [0, 0.05) is 0 Å². The Hall–Kier alpha value is -0.960. The van der Waals surface area contributed by atoms with E-state index in [1.54, 1.807) is 0 Å². The third-order valence-corrected chi connectivity index (χ3v) is 1.14. The van der Waals surface area contributed by atoms with E-state index >= 15 is 0 Å². The second kappa shape index (κ2) is 7.34. The van der Waals surface area contributed by atoms with Gasteiger partial charge in [0.2, 0.25) is 5.91 Å². The Morgan fingerprint density at radius 3 is 2.44 bits per heavy atom. The van der Waals surface area contributed by atoms with Gasteiger partial charge in [0.25, 0.3) is 6.43 Å². The topological polar surface area (TPSA) is 47.6 Å². The molecule has 0 aromatic rings. The first kappa shape index (κ1) is 15.0. The molecule has 0 atom stereocenters. The van der Waals surface area contributed by atoms with E-state index < -0.39 is 31.7 Å². The summed E-state index contributed by atoms with van der Waals surface area (Å²) < 4.78 is 61.9. The van der Waals surface area contributed by atoms with Crippen molar-refractivity contribution in [2.45, 2.75) is 19.0 Å². The lowest BCUT2D eigenvalue weighted by atomic mass is 10.4. The Balaban J connectivity index is 3.39. The van der Waals surface area contributed by atoms with Gasteiger partial charge in [-0.25, -0.2) is 14.3 Å². The van der Waals surface area contributed by atoms with Crippen molar-refractivity contribution in [3.05, 3.63) is 0 Å². The standard InChI is InChI=1S/C7H10F5NO3/c8-5(9)3-15-2-1-6(14)13-16-4-7(10,11)12/h5H,1-4H2,(H,13,14). The molecular formula is C7H10F5NO3. The summed E-state index contributed by atoms with van der Waals surface area (Å²) >= 11 is 0. The highest BCUT2D eigenvalue weighted by atomic mass is 19.4. The van der Waals surface area contributed by atoms with Crippen molar-refractivity contribution in [2.75, 3.05) is 19.8 Å². The first-order chi connectivity index (χ1) is 7.31. The fourth-order valence-electron chi connectivity index (χ4n) is 0.587. The molecule has 0 saturated heterocycles. The number of carbonyl (C=O) groups excluding carboxylic acids is 1. The lowest BCUT2D eigenvalue weighted by Crippen LogP contribution is -2.30. The lowest BCUT2D eigenvalue weighted by molar-refractivity contribution is -0.192. The summed E-state index contributed by atoms with van der Waals surface area (Å²) in [5.74, 6) is -0.876. The van der Waals surface area contributed by atoms with E-state index in [9.17, 15) is 26.7 Å². The number of amides is 1. The molecule has 4 nitrogen and oxygen atoms in total. The molecule has 0 radical (unpaired) electrons. The van der Waals surface area contributed by atoms with Gasteiger partial charge in [0.1, 0.15) is 6.61 Å². The minimum Gasteiger partial charge on any atom is -0.375 e. The van der Waals surface area contributed by atoms with Crippen LogP contribution in [0.25, 0.3) is 0 Å². The lowest BCUT2D eigenvalue weighted by Gasteiger charge is -2.08. The van der Waals surface area contributed by atoms with Crippen LogP contribution in [0.2, 0.25) is 0 Å². The smallest absolute Gasteiger partial charge is 0.375 e. The van der Waals surface area contributed by atoms with Crippen LogP contribution in [0.5, 0.6) is 0 Å². The summed E-state index contributed by atoms with van der Waals surface area (Å²) in [5, 5.41) is 0. The van der Waals surface area contributed by atoms with Gasteiger partial charge in [-0.2, -0.15) is 13.2 Å². The van der Waals surface area contributed by atoms with Crippen molar-refractivity contribution in [3.63, 3.8) is 0 Å². The maximum atomic E-state index is 11.5. The highest BCUT2D eigenvalue weighted by Gasteiger charge is 2.28. The largest absolute Gasteiger partial charge is 0.414 e. The highest BCUT2D eigenvalue weighted by Crippen LogP contribution is 2.13. The van der Waals surface area contributed by atoms with Crippen molar-refractivity contribution in [3.8, 4) is 0 Å². The van der Waals surface area contributed by atoms with Crippen LogP contribution in [0.3, 0.4) is 0 Å². The Bertz CT molecular complexity index is 209. The van der Waals surface area contributed by atoms with Gasteiger partial charge in [0.15, 0.2) is 6.61 Å². The molecule has 0 heterocycles. The molecule has 0 saturated carbocycles. The third-order valence-electron chi connectivity index (χ3n) is 1.14. The predicted molar refractivity (Wildman–Crippen MR) is 41.6 cm³/mol.